The minimum atomic E-state index is -0.427. The number of anilines is 1. The molecule has 0 amide bonds. The Labute approximate surface area is 405 Å². The van der Waals surface area contributed by atoms with E-state index in [1.807, 2.05) is 0 Å². The SMILES string of the molecule is ON=Cc1ccc(N2CCCCCCCCCCCCCCCCCCCCCCCCCCCCCCCCCCCCCCCCCCCCCCCCC3(CC2)OCCO3)cc1. The Balaban J connectivity index is 1.31. The first-order chi connectivity index (χ1) is 32.3. The number of nitrogens with zero attached hydrogens (tertiary/aromatic N) is 2. The molecular weight excluding hydrogens is 797 g/mol. The lowest BCUT2D eigenvalue weighted by Crippen LogP contribution is -2.37. The van der Waals surface area contributed by atoms with Gasteiger partial charge in [0.25, 0.3) is 0 Å². The summed E-state index contributed by atoms with van der Waals surface area (Å²) in [5, 5.41) is 12.3. The number of ether oxygens (including phenoxy) is 2. The van der Waals surface area contributed by atoms with Crippen molar-refractivity contribution < 1.29 is 14.7 Å². The van der Waals surface area contributed by atoms with Crippen LogP contribution in [0.5, 0.6) is 0 Å². The highest BCUT2D eigenvalue weighted by Gasteiger charge is 2.36. The molecule has 1 aromatic rings. The molecule has 378 valence electrons. The van der Waals surface area contributed by atoms with E-state index in [0.29, 0.717) is 0 Å². The molecule has 2 aliphatic rings. The Bertz CT molecular complexity index is 1150. The zero-order valence-corrected chi connectivity index (χ0v) is 43.3. The minimum absolute atomic E-state index is 0.427. The molecule has 2 heterocycles. The summed E-state index contributed by atoms with van der Waals surface area (Å²) in [5.41, 5.74) is 2.16. The molecule has 5 nitrogen and oxygen atoms in total. The summed E-state index contributed by atoms with van der Waals surface area (Å²) in [5.74, 6) is -0.427. The molecule has 5 heteroatoms. The van der Waals surface area contributed by atoms with Gasteiger partial charge < -0.3 is 19.6 Å². The van der Waals surface area contributed by atoms with Gasteiger partial charge in [-0.15, -0.1) is 0 Å². The topological polar surface area (TPSA) is 54.3 Å². The van der Waals surface area contributed by atoms with Crippen LogP contribution in [0.25, 0.3) is 0 Å². The largest absolute Gasteiger partial charge is 0.411 e. The van der Waals surface area contributed by atoms with Crippen molar-refractivity contribution >= 4 is 11.9 Å². The lowest BCUT2D eigenvalue weighted by atomic mass is 10.0. The number of hydrogen-bond acceptors (Lipinski definition) is 5. The van der Waals surface area contributed by atoms with Crippen molar-refractivity contribution in [1.82, 2.24) is 0 Å². The monoisotopic (exact) mass is 907 g/mol. The second kappa shape index (κ2) is 43.7. The molecule has 0 bridgehead atoms. The Morgan fingerprint density at radius 1 is 0.338 bits per heavy atom. The summed E-state index contributed by atoms with van der Waals surface area (Å²) in [6.45, 7) is 3.43. The molecule has 0 aromatic heterocycles. The van der Waals surface area contributed by atoms with Gasteiger partial charge >= 0.3 is 0 Å². The van der Waals surface area contributed by atoms with Crippen LogP contribution < -0.4 is 4.90 Å². The fourth-order valence-electron chi connectivity index (χ4n) is 10.9. The van der Waals surface area contributed by atoms with Crippen LogP contribution in [0.1, 0.15) is 314 Å². The second-order valence-corrected chi connectivity index (χ2v) is 21.2. The third kappa shape index (κ3) is 33.5. The summed E-state index contributed by atoms with van der Waals surface area (Å²) in [6, 6.07) is 8.47. The summed E-state index contributed by atoms with van der Waals surface area (Å²) >= 11 is 0. The molecule has 1 spiro atoms. The van der Waals surface area contributed by atoms with Crippen molar-refractivity contribution in [3.63, 3.8) is 0 Å². The molecule has 0 atom stereocenters. The van der Waals surface area contributed by atoms with Crippen molar-refractivity contribution in [2.45, 2.75) is 314 Å². The maximum absolute atomic E-state index is 9.04. The maximum atomic E-state index is 9.04. The van der Waals surface area contributed by atoms with E-state index in [9.17, 15) is 0 Å². The average Bonchev–Trinajstić information content (AvgIpc) is 3.79. The first-order valence-electron chi connectivity index (χ1n) is 29.6. The second-order valence-electron chi connectivity index (χ2n) is 21.2. The number of hydrogen-bond donors (Lipinski definition) is 1. The Kier molecular flexibility index (Phi) is 38.8. The lowest BCUT2D eigenvalue weighted by Gasteiger charge is -2.32. The minimum Gasteiger partial charge on any atom is -0.411 e. The lowest BCUT2D eigenvalue weighted by molar-refractivity contribution is -0.166. The van der Waals surface area contributed by atoms with E-state index in [1.165, 1.54) is 307 Å². The number of oxime groups is 1. The van der Waals surface area contributed by atoms with Gasteiger partial charge in [0.2, 0.25) is 0 Å². The fourth-order valence-corrected chi connectivity index (χ4v) is 10.9. The summed E-state index contributed by atoms with van der Waals surface area (Å²) in [4.78, 5) is 2.55. The van der Waals surface area contributed by atoms with E-state index in [2.05, 4.69) is 34.3 Å². The van der Waals surface area contributed by atoms with Crippen molar-refractivity contribution in [2.24, 2.45) is 5.16 Å². The standard InChI is InChI=1S/C60H110N2O3/c63-61-57-58-47-49-59(50-48-58)62-53-46-44-42-40-38-36-34-32-30-28-26-24-22-20-18-16-14-12-10-8-6-4-2-1-3-5-7-9-11-13-15-17-19-21-23-25-27-29-31-33-35-37-39-41-43-45-51-60(52-54-62)64-55-56-65-60/h47-50,57,63H,1-46,51-56H2. The summed E-state index contributed by atoms with van der Waals surface area (Å²) in [6.07, 6.45) is 69.4. The van der Waals surface area contributed by atoms with Gasteiger partial charge in [-0.2, -0.15) is 0 Å². The molecule has 2 saturated heterocycles. The molecular formula is C60H110N2O3. The first kappa shape index (κ1) is 57.7. The molecule has 3 rings (SSSR count). The van der Waals surface area contributed by atoms with E-state index in [1.54, 1.807) is 0 Å². The Hall–Kier alpha value is -1.59. The van der Waals surface area contributed by atoms with Crippen molar-refractivity contribution in [3.8, 4) is 0 Å². The molecule has 1 aromatic carbocycles. The fraction of sp³-hybridized carbons (Fsp3) is 0.883. The molecule has 1 N–H and O–H groups in total. The van der Waals surface area contributed by atoms with Gasteiger partial charge in [0.1, 0.15) is 0 Å². The van der Waals surface area contributed by atoms with Gasteiger partial charge in [0.15, 0.2) is 5.79 Å². The molecule has 0 aliphatic carbocycles. The van der Waals surface area contributed by atoms with Crippen LogP contribution >= 0.6 is 0 Å². The van der Waals surface area contributed by atoms with Crippen LogP contribution in [0.2, 0.25) is 0 Å². The molecule has 65 heavy (non-hydrogen) atoms. The molecule has 0 saturated carbocycles. The Morgan fingerprint density at radius 2 is 0.600 bits per heavy atom. The first-order valence-corrected chi connectivity index (χ1v) is 29.6. The van der Waals surface area contributed by atoms with Gasteiger partial charge in [-0.1, -0.05) is 300 Å². The van der Waals surface area contributed by atoms with Gasteiger partial charge in [0.05, 0.1) is 19.4 Å². The van der Waals surface area contributed by atoms with Gasteiger partial charge in [-0.3, -0.25) is 0 Å². The van der Waals surface area contributed by atoms with Crippen LogP contribution in [-0.4, -0.2) is 43.5 Å². The van der Waals surface area contributed by atoms with E-state index < -0.39 is 5.79 Å². The van der Waals surface area contributed by atoms with Crippen LogP contribution in [-0.2, 0) is 9.47 Å². The molecule has 0 unspecified atom stereocenters. The molecule has 0 radical (unpaired) electrons. The molecule has 2 fully saturated rings. The zero-order chi connectivity index (χ0) is 45.7. The van der Waals surface area contributed by atoms with Crippen LogP contribution in [0.4, 0.5) is 5.69 Å². The van der Waals surface area contributed by atoms with Gasteiger partial charge in [-0.05, 0) is 30.5 Å². The number of benzene rings is 1. The normalized spacial score (nSPS) is 23.5. The predicted molar refractivity (Wildman–Crippen MR) is 284 cm³/mol. The third-order valence-corrected chi connectivity index (χ3v) is 15.3. The van der Waals surface area contributed by atoms with Gasteiger partial charge in [-0.25, -0.2) is 0 Å². The van der Waals surface area contributed by atoms with Crippen molar-refractivity contribution in [2.75, 3.05) is 31.2 Å². The highest BCUT2D eigenvalue weighted by Crippen LogP contribution is 2.31. The van der Waals surface area contributed by atoms with E-state index >= 15 is 0 Å². The summed E-state index contributed by atoms with van der Waals surface area (Å²) in [7, 11) is 0. The quantitative estimate of drug-likeness (QED) is 0.182. The van der Waals surface area contributed by atoms with Crippen LogP contribution in [0.15, 0.2) is 29.4 Å². The predicted octanol–water partition coefficient (Wildman–Crippen LogP) is 19.8. The summed E-state index contributed by atoms with van der Waals surface area (Å²) < 4.78 is 12.8. The van der Waals surface area contributed by atoms with E-state index in [4.69, 9.17) is 14.7 Å². The third-order valence-electron chi connectivity index (χ3n) is 15.3. The van der Waals surface area contributed by atoms with E-state index in [0.717, 1.165) is 44.7 Å². The van der Waals surface area contributed by atoms with Crippen LogP contribution in [0, 0.1) is 0 Å². The van der Waals surface area contributed by atoms with Crippen LogP contribution in [0.3, 0.4) is 0 Å². The highest BCUT2D eigenvalue weighted by atomic mass is 16.7. The number of rotatable bonds is 2. The average molecular weight is 908 g/mol. The molecule has 2 aliphatic heterocycles. The highest BCUT2D eigenvalue weighted by molar-refractivity contribution is 5.79. The van der Waals surface area contributed by atoms with Crippen molar-refractivity contribution in [3.05, 3.63) is 29.8 Å². The maximum Gasteiger partial charge on any atom is 0.170 e. The van der Waals surface area contributed by atoms with Crippen molar-refractivity contribution in [1.29, 1.82) is 0 Å². The van der Waals surface area contributed by atoms with Gasteiger partial charge in [0, 0.05) is 31.6 Å². The zero-order valence-electron chi connectivity index (χ0n) is 43.3. The van der Waals surface area contributed by atoms with E-state index in [-0.39, 0.29) is 0 Å². The Morgan fingerprint density at radius 3 is 0.877 bits per heavy atom. The smallest absolute Gasteiger partial charge is 0.170 e.